The second kappa shape index (κ2) is 8.71. The fraction of sp³-hybridized carbons (Fsp3) is 0.227. The first kappa shape index (κ1) is 20.8. The van der Waals surface area contributed by atoms with Crippen LogP contribution in [0.4, 0.5) is 19.5 Å². The van der Waals surface area contributed by atoms with Crippen molar-refractivity contribution in [2.45, 2.75) is 6.54 Å². The van der Waals surface area contributed by atoms with E-state index in [-0.39, 0.29) is 5.78 Å². The van der Waals surface area contributed by atoms with Gasteiger partial charge >= 0.3 is 0 Å². The number of carbonyl (C=O) groups excluding carboxylic acids is 1. The molecule has 3 aromatic rings. The van der Waals surface area contributed by atoms with E-state index in [4.69, 9.17) is 17.3 Å². The molecule has 0 aliphatic carbocycles. The Kier molecular flexibility index (Phi) is 6.04. The van der Waals surface area contributed by atoms with Gasteiger partial charge in [-0.05, 0) is 47.3 Å². The molecule has 2 N–H and O–H groups in total. The van der Waals surface area contributed by atoms with Crippen LogP contribution >= 0.6 is 22.9 Å². The quantitative estimate of drug-likeness (QED) is 0.570. The number of anilines is 2. The Hall–Kier alpha value is -2.48. The van der Waals surface area contributed by atoms with Crippen LogP contribution in [-0.2, 0) is 6.54 Å². The second-order valence-corrected chi connectivity index (χ2v) is 8.54. The highest BCUT2D eigenvalue weighted by atomic mass is 35.5. The summed E-state index contributed by atoms with van der Waals surface area (Å²) in [5, 5.41) is 2.99. The molecule has 2 heterocycles. The van der Waals surface area contributed by atoms with Gasteiger partial charge in [0.2, 0.25) is 0 Å². The fourth-order valence-electron chi connectivity index (χ4n) is 3.66. The summed E-state index contributed by atoms with van der Waals surface area (Å²) in [5.74, 6) is -1.25. The van der Waals surface area contributed by atoms with Crippen molar-refractivity contribution in [2.24, 2.45) is 0 Å². The van der Waals surface area contributed by atoms with E-state index in [0.29, 0.717) is 59.6 Å². The van der Waals surface area contributed by atoms with Gasteiger partial charge in [-0.2, -0.15) is 0 Å². The number of piperazine rings is 1. The number of nitrogen functional groups attached to an aromatic ring is 1. The van der Waals surface area contributed by atoms with E-state index in [1.807, 2.05) is 10.3 Å². The molecule has 4 rings (SSSR count). The van der Waals surface area contributed by atoms with Crippen LogP contribution in [0, 0.1) is 11.6 Å². The summed E-state index contributed by atoms with van der Waals surface area (Å²) in [7, 11) is 0. The third kappa shape index (κ3) is 4.33. The first-order chi connectivity index (χ1) is 14.4. The fourth-order valence-corrected chi connectivity index (χ4v) is 4.59. The standard InChI is InChI=1S/C22H20ClF2N3OS/c23-16-3-1-14(2-4-16)21(29)20-15(13-30-22(20)26)12-27-7-9-28(10-8-27)19-6-5-17(24)11-18(19)25/h1-6,11,13H,7-10,12,26H2. The van der Waals surface area contributed by atoms with E-state index >= 15 is 0 Å². The van der Waals surface area contributed by atoms with Crippen molar-refractivity contribution in [3.8, 4) is 0 Å². The van der Waals surface area contributed by atoms with E-state index in [2.05, 4.69) is 4.90 Å². The third-order valence-electron chi connectivity index (χ3n) is 5.25. The molecular formula is C22H20ClF2N3OS. The lowest BCUT2D eigenvalue weighted by molar-refractivity contribution is 0.103. The van der Waals surface area contributed by atoms with Gasteiger partial charge in [-0.15, -0.1) is 11.3 Å². The Labute approximate surface area is 182 Å². The van der Waals surface area contributed by atoms with Crippen molar-refractivity contribution in [2.75, 3.05) is 36.8 Å². The number of thiophene rings is 1. The maximum Gasteiger partial charge on any atom is 0.196 e. The molecular weight excluding hydrogens is 428 g/mol. The topological polar surface area (TPSA) is 49.6 Å². The van der Waals surface area contributed by atoms with E-state index in [1.165, 1.54) is 23.5 Å². The van der Waals surface area contributed by atoms with E-state index in [9.17, 15) is 13.6 Å². The smallest absolute Gasteiger partial charge is 0.196 e. The zero-order valence-corrected chi connectivity index (χ0v) is 17.6. The Morgan fingerprint density at radius 1 is 1.07 bits per heavy atom. The van der Waals surface area contributed by atoms with Crippen LogP contribution in [0.3, 0.4) is 0 Å². The number of carbonyl (C=O) groups is 1. The van der Waals surface area contributed by atoms with Gasteiger partial charge in [-0.3, -0.25) is 9.69 Å². The largest absolute Gasteiger partial charge is 0.390 e. The molecule has 0 bridgehead atoms. The third-order valence-corrected chi connectivity index (χ3v) is 6.36. The van der Waals surface area contributed by atoms with Gasteiger partial charge in [-0.1, -0.05) is 11.6 Å². The molecule has 1 saturated heterocycles. The average molecular weight is 448 g/mol. The Bertz CT molecular complexity index is 1060. The molecule has 0 amide bonds. The SMILES string of the molecule is Nc1scc(CN2CCN(c3ccc(F)cc3F)CC2)c1C(=O)c1ccc(Cl)cc1. The van der Waals surface area contributed by atoms with E-state index < -0.39 is 11.6 Å². The molecule has 4 nitrogen and oxygen atoms in total. The van der Waals surface area contributed by atoms with Crippen LogP contribution in [0.2, 0.25) is 5.02 Å². The van der Waals surface area contributed by atoms with Crippen molar-refractivity contribution < 1.29 is 13.6 Å². The highest BCUT2D eigenvalue weighted by Gasteiger charge is 2.24. The Morgan fingerprint density at radius 3 is 2.43 bits per heavy atom. The molecule has 0 atom stereocenters. The minimum Gasteiger partial charge on any atom is -0.390 e. The van der Waals surface area contributed by atoms with Crippen LogP contribution in [0.25, 0.3) is 0 Å². The molecule has 0 radical (unpaired) electrons. The lowest BCUT2D eigenvalue weighted by Gasteiger charge is -2.36. The number of hydrogen-bond acceptors (Lipinski definition) is 5. The van der Waals surface area contributed by atoms with Gasteiger partial charge in [0.1, 0.15) is 11.6 Å². The Balaban J connectivity index is 1.45. The minimum atomic E-state index is -0.581. The summed E-state index contributed by atoms with van der Waals surface area (Å²) in [4.78, 5) is 17.1. The average Bonchev–Trinajstić information content (AvgIpc) is 3.09. The molecule has 1 aromatic heterocycles. The monoisotopic (exact) mass is 447 g/mol. The number of halogens is 3. The molecule has 1 fully saturated rings. The van der Waals surface area contributed by atoms with E-state index in [1.54, 1.807) is 24.3 Å². The maximum absolute atomic E-state index is 14.1. The van der Waals surface area contributed by atoms with E-state index in [0.717, 1.165) is 11.6 Å². The molecule has 0 unspecified atom stereocenters. The summed E-state index contributed by atoms with van der Waals surface area (Å²) in [6, 6.07) is 10.4. The van der Waals surface area contributed by atoms with Crippen LogP contribution < -0.4 is 10.6 Å². The highest BCUT2D eigenvalue weighted by molar-refractivity contribution is 7.14. The number of nitrogens with zero attached hydrogens (tertiary/aromatic N) is 2. The summed E-state index contributed by atoms with van der Waals surface area (Å²) in [6.45, 7) is 3.20. The molecule has 1 aliphatic heterocycles. The second-order valence-electron chi connectivity index (χ2n) is 7.20. The molecule has 1 aliphatic rings. The van der Waals surface area contributed by atoms with Crippen LogP contribution in [0.1, 0.15) is 21.5 Å². The predicted octanol–water partition coefficient (Wildman–Crippen LogP) is 4.82. The van der Waals surface area contributed by atoms with Gasteiger partial charge < -0.3 is 10.6 Å². The van der Waals surface area contributed by atoms with Crippen LogP contribution in [-0.4, -0.2) is 36.9 Å². The molecule has 2 aromatic carbocycles. The zero-order valence-electron chi connectivity index (χ0n) is 16.1. The maximum atomic E-state index is 14.1. The van der Waals surface area contributed by atoms with Crippen LogP contribution in [0.15, 0.2) is 47.8 Å². The lowest BCUT2D eigenvalue weighted by Crippen LogP contribution is -2.46. The Morgan fingerprint density at radius 2 is 1.77 bits per heavy atom. The van der Waals surface area contributed by atoms with Gasteiger partial charge in [0.15, 0.2) is 5.78 Å². The first-order valence-electron chi connectivity index (χ1n) is 9.51. The van der Waals surface area contributed by atoms with Crippen molar-refractivity contribution >= 4 is 39.4 Å². The summed E-state index contributed by atoms with van der Waals surface area (Å²) >= 11 is 7.27. The lowest BCUT2D eigenvalue weighted by atomic mass is 10.0. The van der Waals surface area contributed by atoms with Gasteiger partial charge in [0, 0.05) is 49.4 Å². The summed E-state index contributed by atoms with van der Waals surface area (Å²) < 4.78 is 27.2. The molecule has 0 spiro atoms. The minimum absolute atomic E-state index is 0.118. The van der Waals surface area contributed by atoms with Crippen molar-refractivity contribution in [1.29, 1.82) is 0 Å². The number of ketones is 1. The van der Waals surface area contributed by atoms with Crippen LogP contribution in [0.5, 0.6) is 0 Å². The summed E-state index contributed by atoms with van der Waals surface area (Å²) in [6.07, 6.45) is 0. The van der Waals surface area contributed by atoms with Crippen molar-refractivity contribution in [1.82, 2.24) is 4.90 Å². The molecule has 30 heavy (non-hydrogen) atoms. The predicted molar refractivity (Wildman–Crippen MR) is 117 cm³/mol. The van der Waals surface area contributed by atoms with Crippen molar-refractivity contribution in [3.63, 3.8) is 0 Å². The van der Waals surface area contributed by atoms with Crippen molar-refractivity contribution in [3.05, 3.63) is 81.2 Å². The van der Waals surface area contributed by atoms with Gasteiger partial charge in [0.05, 0.1) is 16.3 Å². The molecule has 156 valence electrons. The number of rotatable bonds is 5. The normalized spacial score (nSPS) is 14.8. The highest BCUT2D eigenvalue weighted by Crippen LogP contribution is 2.30. The number of benzene rings is 2. The molecule has 0 saturated carbocycles. The van der Waals surface area contributed by atoms with Gasteiger partial charge in [-0.25, -0.2) is 8.78 Å². The van der Waals surface area contributed by atoms with Gasteiger partial charge in [0.25, 0.3) is 0 Å². The number of nitrogens with two attached hydrogens (primary N) is 1. The number of hydrogen-bond donors (Lipinski definition) is 1. The first-order valence-corrected chi connectivity index (χ1v) is 10.8. The zero-order chi connectivity index (χ0) is 21.3. The molecule has 8 heteroatoms. The summed E-state index contributed by atoms with van der Waals surface area (Å²) in [5.41, 5.74) is 8.49.